The van der Waals surface area contributed by atoms with Gasteiger partial charge in [-0.15, -0.1) is 0 Å². The van der Waals surface area contributed by atoms with Crippen LogP contribution in [0.4, 0.5) is 5.69 Å². The lowest BCUT2D eigenvalue weighted by atomic mass is 10.2. The summed E-state index contributed by atoms with van der Waals surface area (Å²) in [6.45, 7) is 0. The summed E-state index contributed by atoms with van der Waals surface area (Å²) in [6, 6.07) is 1.23. The number of hydrogen-bond donors (Lipinski definition) is 0. The monoisotopic (exact) mass is 275 g/mol. The molecule has 0 bridgehead atoms. The molecule has 0 radical (unpaired) electrons. The van der Waals surface area contributed by atoms with Crippen molar-refractivity contribution in [1.29, 1.82) is 0 Å². The molecule has 0 heterocycles. The van der Waals surface area contributed by atoms with Crippen LogP contribution in [0.3, 0.4) is 0 Å². The number of carbonyl (C=O) groups is 1. The van der Waals surface area contributed by atoms with Crippen LogP contribution in [0.15, 0.2) is 11.1 Å². The fraction of sp³-hybridized carbons (Fsp3) is 0.200. The van der Waals surface area contributed by atoms with Crippen molar-refractivity contribution in [2.75, 3.05) is 14.2 Å². The number of methoxy groups -OCH3 is 2. The standard InChI is InChI=1S/C10H7Cl2NO4/c1-16-9-7(11)5(10(15)17-2)3-6(8(9)12)13-4-14/h3H,1-2H3. The fourth-order valence-corrected chi connectivity index (χ4v) is 1.79. The molecule has 7 heteroatoms. The number of ether oxygens (including phenoxy) is 2. The Morgan fingerprint density at radius 2 is 2.00 bits per heavy atom. The van der Waals surface area contributed by atoms with E-state index in [-0.39, 0.29) is 27.0 Å². The Bertz CT molecular complexity index is 510. The number of isocyanates is 1. The minimum atomic E-state index is -0.688. The smallest absolute Gasteiger partial charge is 0.339 e. The van der Waals surface area contributed by atoms with E-state index in [1.54, 1.807) is 0 Å². The Labute approximate surface area is 107 Å². The van der Waals surface area contributed by atoms with E-state index in [0.717, 1.165) is 0 Å². The van der Waals surface area contributed by atoms with Gasteiger partial charge in [0.1, 0.15) is 5.02 Å². The van der Waals surface area contributed by atoms with Crippen LogP contribution < -0.4 is 4.74 Å². The quantitative estimate of drug-likeness (QED) is 0.483. The summed E-state index contributed by atoms with van der Waals surface area (Å²) in [6.07, 6.45) is 1.32. The third-order valence-electron chi connectivity index (χ3n) is 1.92. The number of esters is 1. The maximum Gasteiger partial charge on any atom is 0.339 e. The van der Waals surface area contributed by atoms with E-state index in [1.807, 2.05) is 0 Å². The molecule has 0 aromatic heterocycles. The lowest BCUT2D eigenvalue weighted by molar-refractivity contribution is 0.0600. The molecule has 0 saturated heterocycles. The van der Waals surface area contributed by atoms with Gasteiger partial charge in [-0.05, 0) is 6.07 Å². The summed E-state index contributed by atoms with van der Waals surface area (Å²) in [5.41, 5.74) is 0.0349. The van der Waals surface area contributed by atoms with Crippen molar-refractivity contribution in [3.8, 4) is 5.75 Å². The molecule has 0 fully saturated rings. The van der Waals surface area contributed by atoms with Crippen LogP contribution in [-0.4, -0.2) is 26.3 Å². The number of hydrogen-bond acceptors (Lipinski definition) is 5. The molecule has 1 aromatic rings. The molecule has 0 unspecified atom stereocenters. The molecule has 90 valence electrons. The Balaban J connectivity index is 3.57. The van der Waals surface area contributed by atoms with Crippen molar-refractivity contribution in [2.24, 2.45) is 4.99 Å². The SMILES string of the molecule is COC(=O)c1cc(N=C=O)c(Cl)c(OC)c1Cl. The Kier molecular flexibility index (Phi) is 4.52. The van der Waals surface area contributed by atoms with E-state index < -0.39 is 5.97 Å². The fourth-order valence-electron chi connectivity index (χ4n) is 1.17. The second-order valence-electron chi connectivity index (χ2n) is 2.80. The number of halogens is 2. The molecular formula is C10H7Cl2NO4. The molecule has 0 aliphatic rings. The third kappa shape index (κ3) is 2.58. The van der Waals surface area contributed by atoms with E-state index in [2.05, 4.69) is 9.73 Å². The maximum atomic E-state index is 11.4. The van der Waals surface area contributed by atoms with E-state index in [0.29, 0.717) is 0 Å². The summed E-state index contributed by atoms with van der Waals surface area (Å²) in [5, 5.41) is 0.0164. The molecule has 0 aliphatic carbocycles. The van der Waals surface area contributed by atoms with Gasteiger partial charge in [0, 0.05) is 0 Å². The van der Waals surface area contributed by atoms with Crippen molar-refractivity contribution in [2.45, 2.75) is 0 Å². The molecule has 0 spiro atoms. The molecule has 0 N–H and O–H groups in total. The van der Waals surface area contributed by atoms with E-state index in [1.165, 1.54) is 26.4 Å². The van der Waals surface area contributed by atoms with Gasteiger partial charge < -0.3 is 9.47 Å². The summed E-state index contributed by atoms with van der Waals surface area (Å²) in [4.78, 5) is 25.0. The first-order valence-corrected chi connectivity index (χ1v) is 5.04. The summed E-state index contributed by atoms with van der Waals surface area (Å²) in [7, 11) is 2.52. The molecule has 1 rings (SSSR count). The van der Waals surface area contributed by atoms with Gasteiger partial charge in [0.25, 0.3) is 0 Å². The van der Waals surface area contributed by atoms with Crippen molar-refractivity contribution in [3.05, 3.63) is 21.7 Å². The predicted octanol–water partition coefficient (Wildman–Crippen LogP) is 2.76. The molecule has 5 nitrogen and oxygen atoms in total. The highest BCUT2D eigenvalue weighted by Crippen LogP contribution is 2.42. The first-order valence-electron chi connectivity index (χ1n) is 4.29. The van der Waals surface area contributed by atoms with Crippen LogP contribution in [0.1, 0.15) is 10.4 Å². The lowest BCUT2D eigenvalue weighted by Gasteiger charge is -2.10. The van der Waals surface area contributed by atoms with Gasteiger partial charge in [0.05, 0.1) is 30.5 Å². The van der Waals surface area contributed by atoms with Crippen LogP contribution in [0.2, 0.25) is 10.0 Å². The number of rotatable bonds is 3. The van der Waals surface area contributed by atoms with Crippen molar-refractivity contribution in [1.82, 2.24) is 0 Å². The highest BCUT2D eigenvalue weighted by molar-refractivity contribution is 6.40. The average molecular weight is 276 g/mol. The molecular weight excluding hydrogens is 269 g/mol. The summed E-state index contributed by atoms with van der Waals surface area (Å²) >= 11 is 11.8. The van der Waals surface area contributed by atoms with Gasteiger partial charge in [-0.25, -0.2) is 9.59 Å². The molecule has 0 saturated carbocycles. The molecule has 0 amide bonds. The Hall–Kier alpha value is -1.55. The number of carbonyl (C=O) groups excluding carboxylic acids is 2. The highest BCUT2D eigenvalue weighted by Gasteiger charge is 2.21. The van der Waals surface area contributed by atoms with Crippen LogP contribution in [-0.2, 0) is 9.53 Å². The van der Waals surface area contributed by atoms with Gasteiger partial charge >= 0.3 is 5.97 Å². The maximum absolute atomic E-state index is 11.4. The largest absolute Gasteiger partial charge is 0.494 e. The van der Waals surface area contributed by atoms with Crippen molar-refractivity contribution >= 4 is 40.9 Å². The van der Waals surface area contributed by atoms with Crippen LogP contribution >= 0.6 is 23.2 Å². The number of aliphatic imine (C=N–C) groups is 1. The molecule has 0 aliphatic heterocycles. The molecule has 17 heavy (non-hydrogen) atoms. The first-order chi connectivity index (χ1) is 8.06. The van der Waals surface area contributed by atoms with Crippen molar-refractivity contribution < 1.29 is 19.1 Å². The lowest BCUT2D eigenvalue weighted by Crippen LogP contribution is -2.03. The van der Waals surface area contributed by atoms with Gasteiger partial charge in [0.15, 0.2) is 5.75 Å². The average Bonchev–Trinajstić information content (AvgIpc) is 2.32. The zero-order chi connectivity index (χ0) is 13.0. The normalized spacial score (nSPS) is 9.41. The number of benzene rings is 1. The Morgan fingerprint density at radius 1 is 1.35 bits per heavy atom. The van der Waals surface area contributed by atoms with E-state index in [4.69, 9.17) is 27.9 Å². The van der Waals surface area contributed by atoms with E-state index in [9.17, 15) is 9.59 Å². The van der Waals surface area contributed by atoms with Crippen LogP contribution in [0, 0.1) is 0 Å². The van der Waals surface area contributed by atoms with Gasteiger partial charge in [-0.1, -0.05) is 23.2 Å². The van der Waals surface area contributed by atoms with E-state index >= 15 is 0 Å². The topological polar surface area (TPSA) is 65.0 Å². The summed E-state index contributed by atoms with van der Waals surface area (Å²) < 4.78 is 9.46. The van der Waals surface area contributed by atoms with Crippen molar-refractivity contribution in [3.63, 3.8) is 0 Å². The zero-order valence-electron chi connectivity index (χ0n) is 8.91. The molecule has 1 aromatic carbocycles. The number of nitrogens with zero attached hydrogens (tertiary/aromatic N) is 1. The van der Waals surface area contributed by atoms with Gasteiger partial charge in [-0.2, -0.15) is 4.99 Å². The zero-order valence-corrected chi connectivity index (χ0v) is 10.4. The van der Waals surface area contributed by atoms with Crippen LogP contribution in [0.25, 0.3) is 0 Å². The summed E-state index contributed by atoms with van der Waals surface area (Å²) in [5.74, 6) is -0.641. The molecule has 0 atom stereocenters. The third-order valence-corrected chi connectivity index (χ3v) is 2.66. The minimum absolute atomic E-state index is 0.00409. The highest BCUT2D eigenvalue weighted by atomic mass is 35.5. The van der Waals surface area contributed by atoms with Gasteiger partial charge in [-0.3, -0.25) is 0 Å². The van der Waals surface area contributed by atoms with Gasteiger partial charge in [0.2, 0.25) is 6.08 Å². The second kappa shape index (κ2) is 5.68. The van der Waals surface area contributed by atoms with Crippen LogP contribution in [0.5, 0.6) is 5.75 Å². The second-order valence-corrected chi connectivity index (χ2v) is 3.56. The Morgan fingerprint density at radius 3 is 2.47 bits per heavy atom. The predicted molar refractivity (Wildman–Crippen MR) is 62.1 cm³/mol. The first kappa shape index (κ1) is 13.5. The minimum Gasteiger partial charge on any atom is -0.494 e.